The molecule has 0 radical (unpaired) electrons. The number of phenolic OH excluding ortho intramolecular Hbond substituents is 2. The Morgan fingerprint density at radius 3 is 2.79 bits per heavy atom. The van der Waals surface area contributed by atoms with Crippen molar-refractivity contribution in [2.75, 3.05) is 13.7 Å². The van der Waals surface area contributed by atoms with Gasteiger partial charge in [-0.05, 0) is 0 Å². The van der Waals surface area contributed by atoms with Crippen molar-refractivity contribution in [3.05, 3.63) is 11.6 Å². The Morgan fingerprint density at radius 1 is 1.43 bits per heavy atom. The van der Waals surface area contributed by atoms with Gasteiger partial charge >= 0.3 is 0 Å². The number of benzene rings is 1. The van der Waals surface area contributed by atoms with Gasteiger partial charge in [-0.3, -0.25) is 4.79 Å². The molecule has 1 aromatic carbocycles. The maximum Gasteiger partial charge on any atom is 0.207 e. The van der Waals surface area contributed by atoms with Crippen molar-refractivity contribution < 1.29 is 24.5 Å². The molecular formula is C9H8O5. The van der Waals surface area contributed by atoms with Gasteiger partial charge in [-0.1, -0.05) is 0 Å². The van der Waals surface area contributed by atoms with E-state index in [0.717, 1.165) is 6.07 Å². The lowest BCUT2D eigenvalue weighted by Gasteiger charge is -2.08. The molecule has 2 N–H and O–H groups in total. The number of ether oxygens (including phenoxy) is 2. The second kappa shape index (κ2) is 2.80. The first-order chi connectivity index (χ1) is 6.65. The van der Waals surface area contributed by atoms with E-state index in [9.17, 15) is 15.0 Å². The highest BCUT2D eigenvalue weighted by Gasteiger charge is 2.30. The quantitative estimate of drug-likeness (QED) is 0.690. The monoisotopic (exact) mass is 196 g/mol. The van der Waals surface area contributed by atoms with E-state index in [1.807, 2.05) is 0 Å². The number of carbonyl (C=O) groups excluding carboxylic acids is 1. The predicted molar refractivity (Wildman–Crippen MR) is 46.1 cm³/mol. The van der Waals surface area contributed by atoms with Crippen molar-refractivity contribution in [1.29, 1.82) is 0 Å². The number of fused-ring (bicyclic) bond motifs is 1. The van der Waals surface area contributed by atoms with Crippen LogP contribution < -0.4 is 9.47 Å². The van der Waals surface area contributed by atoms with Crippen LogP contribution in [0.2, 0.25) is 0 Å². The number of hydrogen-bond acceptors (Lipinski definition) is 5. The van der Waals surface area contributed by atoms with Gasteiger partial charge in [-0.25, -0.2) is 0 Å². The van der Waals surface area contributed by atoms with Gasteiger partial charge < -0.3 is 19.7 Å². The molecule has 0 atom stereocenters. The van der Waals surface area contributed by atoms with E-state index in [-0.39, 0.29) is 41.0 Å². The van der Waals surface area contributed by atoms with E-state index in [0.29, 0.717) is 0 Å². The van der Waals surface area contributed by atoms with Gasteiger partial charge in [-0.2, -0.15) is 0 Å². The molecule has 74 valence electrons. The van der Waals surface area contributed by atoms with Crippen LogP contribution in [-0.4, -0.2) is 29.7 Å². The minimum absolute atomic E-state index is 0.0691. The molecule has 1 aliphatic heterocycles. The average molecular weight is 196 g/mol. The van der Waals surface area contributed by atoms with Gasteiger partial charge in [0.05, 0.1) is 7.11 Å². The van der Waals surface area contributed by atoms with Crippen molar-refractivity contribution >= 4 is 5.78 Å². The fraction of sp³-hybridized carbons (Fsp3) is 0.222. The Kier molecular flexibility index (Phi) is 1.73. The molecule has 0 unspecified atom stereocenters. The largest absolute Gasteiger partial charge is 0.507 e. The molecule has 0 saturated heterocycles. The summed E-state index contributed by atoms with van der Waals surface area (Å²) in [4.78, 5) is 11.2. The third-order valence-electron chi connectivity index (χ3n) is 2.03. The standard InChI is InChI=1S/C9H8O5/c1-13-8-5(11)2-4(10)7-6(12)3-14-9(7)8/h2,10-11H,3H2,1H3. The lowest BCUT2D eigenvalue weighted by Crippen LogP contribution is -1.98. The fourth-order valence-electron chi connectivity index (χ4n) is 1.43. The smallest absolute Gasteiger partial charge is 0.207 e. The van der Waals surface area contributed by atoms with Crippen LogP contribution in [0.25, 0.3) is 0 Å². The number of carbonyl (C=O) groups is 1. The van der Waals surface area contributed by atoms with Crippen LogP contribution in [0.5, 0.6) is 23.0 Å². The minimum atomic E-state index is -0.323. The van der Waals surface area contributed by atoms with Crippen LogP contribution in [-0.2, 0) is 0 Å². The Labute approximate surface area is 79.5 Å². The molecule has 2 rings (SSSR count). The molecule has 0 bridgehead atoms. The summed E-state index contributed by atoms with van der Waals surface area (Å²) in [5.74, 6) is -0.686. The van der Waals surface area contributed by atoms with Crippen LogP contribution in [0.3, 0.4) is 0 Å². The summed E-state index contributed by atoms with van der Waals surface area (Å²) >= 11 is 0. The normalized spacial score (nSPS) is 13.6. The fourth-order valence-corrected chi connectivity index (χ4v) is 1.43. The third-order valence-corrected chi connectivity index (χ3v) is 2.03. The molecule has 0 amide bonds. The molecule has 5 nitrogen and oxygen atoms in total. The third kappa shape index (κ3) is 0.985. The van der Waals surface area contributed by atoms with Crippen molar-refractivity contribution in [1.82, 2.24) is 0 Å². The number of ketones is 1. The minimum Gasteiger partial charge on any atom is -0.507 e. The van der Waals surface area contributed by atoms with Crippen molar-refractivity contribution in [2.24, 2.45) is 0 Å². The molecule has 5 heteroatoms. The Morgan fingerprint density at radius 2 is 2.14 bits per heavy atom. The molecular weight excluding hydrogens is 188 g/mol. The van der Waals surface area contributed by atoms with Gasteiger partial charge in [0.25, 0.3) is 0 Å². The average Bonchev–Trinajstić information content (AvgIpc) is 2.49. The van der Waals surface area contributed by atoms with Crippen LogP contribution in [0.1, 0.15) is 10.4 Å². The van der Waals surface area contributed by atoms with E-state index < -0.39 is 0 Å². The van der Waals surface area contributed by atoms with Crippen LogP contribution in [0.4, 0.5) is 0 Å². The zero-order valence-electron chi connectivity index (χ0n) is 7.40. The first-order valence-electron chi connectivity index (χ1n) is 3.94. The van der Waals surface area contributed by atoms with Crippen molar-refractivity contribution in [3.8, 4) is 23.0 Å². The summed E-state index contributed by atoms with van der Waals surface area (Å²) < 4.78 is 9.85. The second-order valence-electron chi connectivity index (χ2n) is 2.86. The SMILES string of the molecule is COc1c(O)cc(O)c2c1OCC2=O. The van der Waals surface area contributed by atoms with Gasteiger partial charge in [0.1, 0.15) is 11.3 Å². The number of methoxy groups -OCH3 is 1. The zero-order chi connectivity index (χ0) is 10.3. The van der Waals surface area contributed by atoms with E-state index >= 15 is 0 Å². The number of phenols is 2. The van der Waals surface area contributed by atoms with Crippen LogP contribution >= 0.6 is 0 Å². The highest BCUT2D eigenvalue weighted by Crippen LogP contribution is 2.46. The van der Waals surface area contributed by atoms with Crippen LogP contribution in [0.15, 0.2) is 6.07 Å². The lowest BCUT2D eigenvalue weighted by atomic mass is 10.1. The Balaban J connectivity index is 2.72. The number of Topliss-reactive ketones (excluding diaryl/α,β-unsaturated/α-hetero) is 1. The molecule has 1 aromatic rings. The maximum atomic E-state index is 11.2. The number of aromatic hydroxyl groups is 2. The molecule has 0 fully saturated rings. The summed E-state index contributed by atoms with van der Waals surface area (Å²) in [6.45, 7) is -0.136. The lowest BCUT2D eigenvalue weighted by molar-refractivity contribution is 0.0959. The summed E-state index contributed by atoms with van der Waals surface area (Å²) in [5, 5.41) is 18.8. The molecule has 0 aliphatic carbocycles. The predicted octanol–water partition coefficient (Wildman–Crippen LogP) is 0.681. The highest BCUT2D eigenvalue weighted by atomic mass is 16.5. The highest BCUT2D eigenvalue weighted by molar-refractivity contribution is 6.06. The van der Waals surface area contributed by atoms with Gasteiger partial charge in [-0.15, -0.1) is 0 Å². The Bertz CT molecular complexity index is 410. The maximum absolute atomic E-state index is 11.2. The van der Waals surface area contributed by atoms with E-state index in [4.69, 9.17) is 9.47 Å². The van der Waals surface area contributed by atoms with Gasteiger partial charge in [0, 0.05) is 6.07 Å². The summed E-state index contributed by atoms with van der Waals surface area (Å²) in [6, 6.07) is 1.06. The molecule has 1 heterocycles. The topological polar surface area (TPSA) is 76.0 Å². The molecule has 0 aromatic heterocycles. The molecule has 0 spiro atoms. The molecule has 14 heavy (non-hydrogen) atoms. The second-order valence-corrected chi connectivity index (χ2v) is 2.86. The van der Waals surface area contributed by atoms with Gasteiger partial charge in [0.15, 0.2) is 18.1 Å². The van der Waals surface area contributed by atoms with E-state index in [1.54, 1.807) is 0 Å². The molecule has 1 aliphatic rings. The summed E-state index contributed by atoms with van der Waals surface area (Å²) in [7, 11) is 1.35. The summed E-state index contributed by atoms with van der Waals surface area (Å²) in [6.07, 6.45) is 0. The Hall–Kier alpha value is -1.91. The zero-order valence-corrected chi connectivity index (χ0v) is 7.40. The number of rotatable bonds is 1. The van der Waals surface area contributed by atoms with E-state index in [2.05, 4.69) is 0 Å². The number of hydrogen-bond donors (Lipinski definition) is 2. The summed E-state index contributed by atoms with van der Waals surface area (Å²) in [5.41, 5.74) is 0.0691. The van der Waals surface area contributed by atoms with Gasteiger partial charge in [0.2, 0.25) is 11.5 Å². The van der Waals surface area contributed by atoms with E-state index in [1.165, 1.54) is 7.11 Å². The van der Waals surface area contributed by atoms with Crippen LogP contribution in [0, 0.1) is 0 Å². The van der Waals surface area contributed by atoms with Crippen molar-refractivity contribution in [2.45, 2.75) is 0 Å². The molecule has 0 saturated carbocycles. The first kappa shape index (κ1) is 8.68. The van der Waals surface area contributed by atoms with Crippen molar-refractivity contribution in [3.63, 3.8) is 0 Å². The first-order valence-corrected chi connectivity index (χ1v) is 3.94.